The van der Waals surface area contributed by atoms with Crippen LogP contribution in [0.3, 0.4) is 0 Å². The molecule has 1 aromatic carbocycles. The molecule has 0 N–H and O–H groups in total. The van der Waals surface area contributed by atoms with Crippen molar-refractivity contribution in [1.29, 1.82) is 0 Å². The van der Waals surface area contributed by atoms with Gasteiger partial charge < -0.3 is 9.47 Å². The number of unbranched alkanes of at least 4 members (excludes halogenated alkanes) is 2. The third-order valence-electron chi connectivity index (χ3n) is 5.89. The van der Waals surface area contributed by atoms with Crippen LogP contribution in [0.15, 0.2) is 29.4 Å². The first-order chi connectivity index (χ1) is 13.7. The van der Waals surface area contributed by atoms with E-state index in [0.717, 1.165) is 29.9 Å². The van der Waals surface area contributed by atoms with Crippen molar-refractivity contribution < 1.29 is 9.47 Å². The zero-order valence-electron chi connectivity index (χ0n) is 17.7. The summed E-state index contributed by atoms with van der Waals surface area (Å²) in [7, 11) is 1.71. The average Bonchev–Trinajstić information content (AvgIpc) is 3.17. The fraction of sp³-hybridized carbons (Fsp3) is 0.696. The Balaban J connectivity index is 1.65. The number of hydrogen-bond acceptors (Lipinski definition) is 5. The summed E-state index contributed by atoms with van der Waals surface area (Å²) in [5.74, 6) is 1.81. The minimum absolute atomic E-state index is 0.208. The molecule has 156 valence electrons. The first kappa shape index (κ1) is 21.4. The van der Waals surface area contributed by atoms with Crippen molar-refractivity contribution in [3.63, 3.8) is 0 Å². The third-order valence-corrected chi connectivity index (χ3v) is 7.00. The van der Waals surface area contributed by atoms with E-state index in [1.165, 1.54) is 56.9 Å². The Labute approximate surface area is 175 Å². The van der Waals surface area contributed by atoms with Gasteiger partial charge in [0.15, 0.2) is 0 Å². The first-order valence-electron chi connectivity index (χ1n) is 11.1. The molecular formula is C23H36N2O2S. The fourth-order valence-corrected chi connectivity index (χ4v) is 5.32. The van der Waals surface area contributed by atoms with Crippen LogP contribution in [0.4, 0.5) is 0 Å². The normalized spacial score (nSPS) is 24.9. The largest absolute Gasteiger partial charge is 0.497 e. The van der Waals surface area contributed by atoms with Crippen LogP contribution in [0.25, 0.3) is 0 Å². The molecular weight excluding hydrogens is 368 g/mol. The molecule has 5 heteroatoms. The van der Waals surface area contributed by atoms with Gasteiger partial charge in [0.2, 0.25) is 0 Å². The molecule has 2 aliphatic rings. The maximum Gasteiger partial charge on any atom is 0.269 e. The van der Waals surface area contributed by atoms with Crippen LogP contribution in [0.1, 0.15) is 82.6 Å². The Morgan fingerprint density at radius 2 is 1.79 bits per heavy atom. The molecule has 28 heavy (non-hydrogen) atoms. The van der Waals surface area contributed by atoms with E-state index in [0.29, 0.717) is 6.04 Å². The number of hydrazone groups is 1. The minimum Gasteiger partial charge on any atom is -0.497 e. The quantitative estimate of drug-likeness (QED) is 0.435. The van der Waals surface area contributed by atoms with Gasteiger partial charge in [-0.05, 0) is 67.5 Å². The van der Waals surface area contributed by atoms with Crippen molar-refractivity contribution in [2.75, 3.05) is 13.7 Å². The number of nitrogens with zero attached hydrogens (tertiary/aromatic N) is 2. The Hall–Kier alpha value is -1.36. The van der Waals surface area contributed by atoms with Crippen molar-refractivity contribution in [2.45, 2.75) is 83.1 Å². The fourth-order valence-electron chi connectivity index (χ4n) is 4.22. The maximum absolute atomic E-state index is 5.90. The van der Waals surface area contributed by atoms with Gasteiger partial charge in [-0.1, -0.05) is 51.7 Å². The summed E-state index contributed by atoms with van der Waals surface area (Å²) in [4.78, 5) is 0. The van der Waals surface area contributed by atoms with Crippen LogP contribution in [-0.4, -0.2) is 30.0 Å². The van der Waals surface area contributed by atoms with Crippen molar-refractivity contribution in [3.05, 3.63) is 29.8 Å². The number of thioether (sulfide) groups is 1. The van der Waals surface area contributed by atoms with E-state index < -0.39 is 0 Å². The number of hydrogen-bond donors (Lipinski definition) is 0. The van der Waals surface area contributed by atoms with Gasteiger partial charge in [0.25, 0.3) is 5.23 Å². The average molecular weight is 405 g/mol. The molecule has 0 aromatic heterocycles. The monoisotopic (exact) mass is 404 g/mol. The van der Waals surface area contributed by atoms with E-state index >= 15 is 0 Å². The van der Waals surface area contributed by atoms with Crippen LogP contribution in [-0.2, 0) is 4.74 Å². The summed E-state index contributed by atoms with van der Waals surface area (Å²) in [6.45, 7) is 5.16. The predicted molar refractivity (Wildman–Crippen MR) is 119 cm³/mol. The van der Waals surface area contributed by atoms with Crippen molar-refractivity contribution in [3.8, 4) is 5.75 Å². The Morgan fingerprint density at radius 1 is 1.04 bits per heavy atom. The molecule has 0 bridgehead atoms. The molecule has 1 aromatic rings. The highest BCUT2D eigenvalue weighted by Crippen LogP contribution is 2.44. The molecule has 4 nitrogen and oxygen atoms in total. The Bertz CT molecular complexity index is 612. The lowest BCUT2D eigenvalue weighted by Gasteiger charge is -2.36. The van der Waals surface area contributed by atoms with Crippen molar-refractivity contribution >= 4 is 17.0 Å². The molecule has 1 heterocycles. The van der Waals surface area contributed by atoms with E-state index in [4.69, 9.17) is 14.6 Å². The second kappa shape index (κ2) is 11.0. The van der Waals surface area contributed by atoms with Gasteiger partial charge in [0.05, 0.1) is 13.7 Å². The minimum atomic E-state index is 0.208. The zero-order valence-corrected chi connectivity index (χ0v) is 18.5. The van der Waals surface area contributed by atoms with E-state index in [1.807, 2.05) is 12.1 Å². The third kappa shape index (κ3) is 5.59. The predicted octanol–water partition coefficient (Wildman–Crippen LogP) is 6.58. The van der Waals surface area contributed by atoms with Gasteiger partial charge >= 0.3 is 0 Å². The molecule has 1 aliphatic heterocycles. The first-order valence-corrected chi connectivity index (χ1v) is 11.9. The van der Waals surface area contributed by atoms with Gasteiger partial charge in [-0.2, -0.15) is 0 Å². The SMILES string of the molecule is CCCCCC1CCC(N2N=C(OCCC)SC2c2ccc(OC)cc2)CC1. The summed E-state index contributed by atoms with van der Waals surface area (Å²) in [6, 6.07) is 8.94. The molecule has 0 saturated heterocycles. The molecule has 0 amide bonds. The van der Waals surface area contributed by atoms with Crippen molar-refractivity contribution in [1.82, 2.24) is 5.01 Å². The summed E-state index contributed by atoms with van der Waals surface area (Å²) >= 11 is 1.75. The number of ether oxygens (including phenoxy) is 2. The highest BCUT2D eigenvalue weighted by molar-refractivity contribution is 8.13. The van der Waals surface area contributed by atoms with Crippen LogP contribution in [0.5, 0.6) is 5.75 Å². The standard InChI is InChI=1S/C23H36N2O2S/c1-4-6-7-8-18-9-13-20(14-10-18)25-22(28-23(24-25)27-17-5-2)19-11-15-21(26-3)16-12-19/h11-12,15-16,18,20,22H,4-10,13-14,17H2,1-3H3. The van der Waals surface area contributed by atoms with E-state index in [-0.39, 0.29) is 5.37 Å². The Morgan fingerprint density at radius 3 is 2.43 bits per heavy atom. The molecule has 3 rings (SSSR count). The van der Waals surface area contributed by atoms with Crippen LogP contribution in [0, 0.1) is 5.92 Å². The number of benzene rings is 1. The Kier molecular flexibility index (Phi) is 8.38. The van der Waals surface area contributed by atoms with Gasteiger partial charge in [0.1, 0.15) is 11.1 Å². The summed E-state index contributed by atoms with van der Waals surface area (Å²) in [6.07, 6.45) is 11.7. The van der Waals surface area contributed by atoms with Crippen LogP contribution in [0.2, 0.25) is 0 Å². The van der Waals surface area contributed by atoms with E-state index in [9.17, 15) is 0 Å². The lowest BCUT2D eigenvalue weighted by molar-refractivity contribution is 0.127. The van der Waals surface area contributed by atoms with Gasteiger partial charge in [0, 0.05) is 6.04 Å². The van der Waals surface area contributed by atoms with Crippen molar-refractivity contribution in [2.24, 2.45) is 11.0 Å². The highest BCUT2D eigenvalue weighted by Gasteiger charge is 2.36. The van der Waals surface area contributed by atoms with E-state index in [1.54, 1.807) is 18.9 Å². The molecule has 1 fully saturated rings. The van der Waals surface area contributed by atoms with Gasteiger partial charge in [-0.25, -0.2) is 0 Å². The summed E-state index contributed by atoms with van der Waals surface area (Å²) in [5.41, 5.74) is 1.27. The molecule has 0 radical (unpaired) electrons. The second-order valence-corrected chi connectivity index (χ2v) is 9.04. The van der Waals surface area contributed by atoms with Crippen LogP contribution >= 0.6 is 11.8 Å². The lowest BCUT2D eigenvalue weighted by atomic mass is 9.82. The second-order valence-electron chi connectivity index (χ2n) is 8.01. The van der Waals surface area contributed by atoms with E-state index in [2.05, 4.69) is 31.0 Å². The molecule has 1 atom stereocenters. The topological polar surface area (TPSA) is 34.1 Å². The molecule has 1 aliphatic carbocycles. The lowest BCUT2D eigenvalue weighted by Crippen LogP contribution is -2.34. The van der Waals surface area contributed by atoms with Gasteiger partial charge in [-0.15, -0.1) is 5.10 Å². The number of methoxy groups -OCH3 is 1. The zero-order chi connectivity index (χ0) is 19.8. The maximum atomic E-state index is 5.90. The summed E-state index contributed by atoms with van der Waals surface area (Å²) < 4.78 is 11.2. The highest BCUT2D eigenvalue weighted by atomic mass is 32.2. The van der Waals surface area contributed by atoms with Crippen LogP contribution < -0.4 is 4.74 Å². The smallest absolute Gasteiger partial charge is 0.269 e. The van der Waals surface area contributed by atoms with Gasteiger partial charge in [-0.3, -0.25) is 5.01 Å². The summed E-state index contributed by atoms with van der Waals surface area (Å²) in [5, 5.41) is 8.28. The molecule has 1 saturated carbocycles. The number of rotatable bonds is 9. The molecule has 0 spiro atoms. The molecule has 1 unspecified atom stereocenters.